The van der Waals surface area contributed by atoms with Gasteiger partial charge in [0.15, 0.2) is 5.78 Å². The van der Waals surface area contributed by atoms with Gasteiger partial charge in [-0.3, -0.25) is 4.79 Å². The van der Waals surface area contributed by atoms with E-state index in [-0.39, 0.29) is 5.78 Å². The first-order chi connectivity index (χ1) is 12.0. The second kappa shape index (κ2) is 7.25. The van der Waals surface area contributed by atoms with Crippen LogP contribution in [0.25, 0.3) is 17.0 Å². The lowest BCUT2D eigenvalue weighted by Crippen LogP contribution is -3.00. The summed E-state index contributed by atoms with van der Waals surface area (Å²) in [5.41, 5.74) is 1.82. The maximum atomic E-state index is 13.1. The van der Waals surface area contributed by atoms with Crippen molar-refractivity contribution in [1.29, 1.82) is 0 Å². The summed E-state index contributed by atoms with van der Waals surface area (Å²) in [5.74, 6) is 1.16. The number of fused-ring (bicyclic) bond motifs is 1. The average Bonchev–Trinajstić information content (AvgIpc) is 2.97. The Morgan fingerprint density at radius 1 is 1.16 bits per heavy atom. The van der Waals surface area contributed by atoms with Crippen LogP contribution in [0.1, 0.15) is 21.7 Å². The number of methoxy groups -OCH3 is 1. The van der Waals surface area contributed by atoms with Gasteiger partial charge in [-0.15, -0.1) is 0 Å². The van der Waals surface area contributed by atoms with E-state index >= 15 is 0 Å². The minimum Gasteiger partial charge on any atom is -0.497 e. The molecule has 3 rings (SSSR count). The molecule has 0 atom stereocenters. The standard InChI is InChI=1S/C20H18BrNO3/c1-22(2)11-10-18-19(20(23)13-4-6-14(21)7-5-13)16-12-15(24-3)8-9-17(16)25-18/h4-12H,1-3H3/p+1/b11-10+. The summed E-state index contributed by atoms with van der Waals surface area (Å²) >= 11 is 3.40. The van der Waals surface area contributed by atoms with Crippen LogP contribution in [0.5, 0.6) is 5.75 Å². The highest BCUT2D eigenvalue weighted by molar-refractivity contribution is 9.10. The minimum atomic E-state index is -0.0760. The van der Waals surface area contributed by atoms with Crippen molar-refractivity contribution in [3.8, 4) is 5.75 Å². The van der Waals surface area contributed by atoms with Gasteiger partial charge in [-0.05, 0) is 42.5 Å². The molecule has 0 saturated carbocycles. The lowest BCUT2D eigenvalue weighted by Gasteiger charge is -2.03. The van der Waals surface area contributed by atoms with Gasteiger partial charge in [0.1, 0.15) is 17.1 Å². The van der Waals surface area contributed by atoms with Gasteiger partial charge >= 0.3 is 0 Å². The zero-order valence-electron chi connectivity index (χ0n) is 14.3. The van der Waals surface area contributed by atoms with Gasteiger partial charge < -0.3 is 14.1 Å². The van der Waals surface area contributed by atoms with E-state index in [2.05, 4.69) is 15.9 Å². The van der Waals surface area contributed by atoms with Crippen molar-refractivity contribution in [1.82, 2.24) is 0 Å². The van der Waals surface area contributed by atoms with Gasteiger partial charge in [0.2, 0.25) is 0 Å². The highest BCUT2D eigenvalue weighted by Crippen LogP contribution is 2.32. The summed E-state index contributed by atoms with van der Waals surface area (Å²) in [6.45, 7) is 0. The van der Waals surface area contributed by atoms with Crippen molar-refractivity contribution in [3.63, 3.8) is 0 Å². The van der Waals surface area contributed by atoms with Crippen molar-refractivity contribution >= 4 is 38.8 Å². The molecule has 0 aliphatic heterocycles. The van der Waals surface area contributed by atoms with Crippen LogP contribution in [0.2, 0.25) is 0 Å². The fourth-order valence-corrected chi connectivity index (χ4v) is 2.83. The van der Waals surface area contributed by atoms with E-state index in [1.165, 1.54) is 0 Å². The molecule has 5 heteroatoms. The summed E-state index contributed by atoms with van der Waals surface area (Å²) in [5, 5.41) is 0.751. The predicted molar refractivity (Wildman–Crippen MR) is 102 cm³/mol. The number of quaternary nitrogens is 1. The molecule has 1 heterocycles. The number of carbonyl (C=O) groups is 1. The van der Waals surface area contributed by atoms with Crippen molar-refractivity contribution in [3.05, 3.63) is 70.0 Å². The molecule has 0 bridgehead atoms. The van der Waals surface area contributed by atoms with Crippen LogP contribution in [0, 0.1) is 0 Å². The molecule has 0 spiro atoms. The molecule has 0 unspecified atom stereocenters. The van der Waals surface area contributed by atoms with Crippen LogP contribution >= 0.6 is 15.9 Å². The van der Waals surface area contributed by atoms with Gasteiger partial charge in [-0.1, -0.05) is 15.9 Å². The third-order valence-electron chi connectivity index (χ3n) is 3.82. The number of nitrogens with one attached hydrogen (secondary N) is 1. The van der Waals surface area contributed by atoms with E-state index in [4.69, 9.17) is 9.15 Å². The van der Waals surface area contributed by atoms with E-state index < -0.39 is 0 Å². The zero-order chi connectivity index (χ0) is 18.0. The lowest BCUT2D eigenvalue weighted by atomic mass is 10.00. The summed E-state index contributed by atoms with van der Waals surface area (Å²) in [4.78, 5) is 14.3. The number of rotatable bonds is 5. The Kier molecular flexibility index (Phi) is 5.06. The zero-order valence-corrected chi connectivity index (χ0v) is 15.9. The van der Waals surface area contributed by atoms with Crippen molar-refractivity contribution < 1.29 is 18.8 Å². The van der Waals surface area contributed by atoms with E-state index in [0.29, 0.717) is 28.2 Å². The van der Waals surface area contributed by atoms with Crippen LogP contribution in [-0.2, 0) is 0 Å². The summed E-state index contributed by atoms with van der Waals surface area (Å²) in [6.07, 6.45) is 3.78. The highest BCUT2D eigenvalue weighted by atomic mass is 79.9. The summed E-state index contributed by atoms with van der Waals surface area (Å²) in [6, 6.07) is 12.8. The molecule has 2 aromatic carbocycles. The second-order valence-electron chi connectivity index (χ2n) is 5.95. The Hall–Kier alpha value is -2.37. The van der Waals surface area contributed by atoms with Crippen molar-refractivity contribution in [2.45, 2.75) is 0 Å². The van der Waals surface area contributed by atoms with Crippen molar-refractivity contribution in [2.75, 3.05) is 21.2 Å². The molecule has 0 aliphatic carbocycles. The first-order valence-electron chi connectivity index (χ1n) is 7.88. The van der Waals surface area contributed by atoms with Gasteiger partial charge in [-0.25, -0.2) is 0 Å². The second-order valence-corrected chi connectivity index (χ2v) is 6.87. The molecule has 0 amide bonds. The molecular formula is C20H19BrNO3+. The molecule has 128 valence electrons. The monoisotopic (exact) mass is 400 g/mol. The summed E-state index contributed by atoms with van der Waals surface area (Å²) < 4.78 is 12.2. The Morgan fingerprint density at radius 3 is 2.52 bits per heavy atom. The molecular weight excluding hydrogens is 382 g/mol. The van der Waals surface area contributed by atoms with Crippen LogP contribution in [0.15, 0.2) is 57.6 Å². The van der Waals surface area contributed by atoms with E-state index in [9.17, 15) is 4.79 Å². The number of hydrogen-bond acceptors (Lipinski definition) is 3. The number of carbonyl (C=O) groups excluding carboxylic acids is 1. The predicted octanol–water partition coefficient (Wildman–Crippen LogP) is 3.55. The number of benzene rings is 2. The van der Waals surface area contributed by atoms with Gasteiger partial charge in [0.05, 0.1) is 33.0 Å². The minimum absolute atomic E-state index is 0.0760. The molecule has 0 radical (unpaired) electrons. The van der Waals surface area contributed by atoms with E-state index in [1.54, 1.807) is 19.2 Å². The fraction of sp³-hybridized carbons (Fsp3) is 0.150. The first-order valence-corrected chi connectivity index (χ1v) is 8.68. The van der Waals surface area contributed by atoms with E-state index in [0.717, 1.165) is 14.8 Å². The van der Waals surface area contributed by atoms with Gasteiger partial charge in [-0.2, -0.15) is 0 Å². The number of halogens is 1. The molecule has 3 aromatic rings. The Morgan fingerprint density at radius 2 is 1.88 bits per heavy atom. The lowest BCUT2D eigenvalue weighted by molar-refractivity contribution is -0.800. The van der Waals surface area contributed by atoms with Crippen LogP contribution in [0.3, 0.4) is 0 Å². The maximum absolute atomic E-state index is 13.1. The molecule has 4 nitrogen and oxygen atoms in total. The largest absolute Gasteiger partial charge is 0.497 e. The Balaban J connectivity index is 2.19. The molecule has 1 N–H and O–H groups in total. The Labute approximate surface area is 154 Å². The average molecular weight is 401 g/mol. The van der Waals surface area contributed by atoms with Crippen LogP contribution in [0.4, 0.5) is 0 Å². The third kappa shape index (κ3) is 3.67. The molecule has 0 aliphatic rings. The SMILES string of the molecule is COc1ccc2oc(/C=C/[NH+](C)C)c(C(=O)c3ccc(Br)cc3)c2c1. The number of ether oxygens (including phenoxy) is 1. The van der Waals surface area contributed by atoms with Crippen LogP contribution in [-0.4, -0.2) is 27.0 Å². The van der Waals surface area contributed by atoms with E-state index in [1.807, 2.05) is 56.7 Å². The topological polar surface area (TPSA) is 43.9 Å². The number of hydrogen-bond donors (Lipinski definition) is 1. The third-order valence-corrected chi connectivity index (χ3v) is 4.35. The molecule has 0 fully saturated rings. The normalized spacial score (nSPS) is 11.6. The smallest absolute Gasteiger partial charge is 0.197 e. The highest BCUT2D eigenvalue weighted by Gasteiger charge is 2.21. The number of furan rings is 1. The Bertz CT molecular complexity index is 939. The maximum Gasteiger partial charge on any atom is 0.197 e. The molecule has 25 heavy (non-hydrogen) atoms. The van der Waals surface area contributed by atoms with Gasteiger partial charge in [0.25, 0.3) is 0 Å². The fourth-order valence-electron chi connectivity index (χ4n) is 2.56. The van der Waals surface area contributed by atoms with Crippen LogP contribution < -0.4 is 9.64 Å². The molecule has 0 saturated heterocycles. The quantitative estimate of drug-likeness (QED) is 0.666. The molecule has 1 aromatic heterocycles. The van der Waals surface area contributed by atoms with Crippen molar-refractivity contribution in [2.24, 2.45) is 0 Å². The summed E-state index contributed by atoms with van der Waals surface area (Å²) in [7, 11) is 5.60. The van der Waals surface area contributed by atoms with Gasteiger partial charge in [0, 0.05) is 21.5 Å². The number of ketones is 1. The first kappa shape index (κ1) is 17.5.